The van der Waals surface area contributed by atoms with Crippen LogP contribution in [0.15, 0.2) is 59.5 Å². The van der Waals surface area contributed by atoms with E-state index in [0.717, 1.165) is 12.1 Å². The molecule has 0 spiro atoms. The lowest BCUT2D eigenvalue weighted by Gasteiger charge is -2.13. The number of hydrogen-bond donors (Lipinski definition) is 1. The molecule has 4 nitrogen and oxygen atoms in total. The quantitative estimate of drug-likeness (QED) is 0.364. The minimum absolute atomic E-state index is 0.0227. The second kappa shape index (κ2) is 6.89. The van der Waals surface area contributed by atoms with Crippen LogP contribution in [-0.4, -0.2) is 4.98 Å². The van der Waals surface area contributed by atoms with Gasteiger partial charge in [0.05, 0.1) is 15.6 Å². The van der Waals surface area contributed by atoms with Crippen molar-refractivity contribution in [2.75, 3.05) is 0 Å². The lowest BCUT2D eigenvalue weighted by Crippen LogP contribution is -2.29. The molecule has 0 atom stereocenters. The van der Waals surface area contributed by atoms with Crippen LogP contribution >= 0.6 is 23.2 Å². The van der Waals surface area contributed by atoms with Gasteiger partial charge in [0.25, 0.3) is 5.69 Å². The van der Waals surface area contributed by atoms with Crippen LogP contribution in [0.4, 0.5) is 8.78 Å². The van der Waals surface area contributed by atoms with Crippen molar-refractivity contribution in [3.63, 3.8) is 0 Å². The van der Waals surface area contributed by atoms with E-state index in [1.165, 1.54) is 24.4 Å². The number of pyridine rings is 2. The predicted molar refractivity (Wildman–Crippen MR) is 104 cm³/mol. The van der Waals surface area contributed by atoms with Gasteiger partial charge in [-0.1, -0.05) is 29.3 Å². The molecule has 8 heteroatoms. The van der Waals surface area contributed by atoms with Crippen molar-refractivity contribution < 1.29 is 13.5 Å². The molecule has 0 fully saturated rings. The Labute approximate surface area is 167 Å². The number of aromatic amines is 1. The normalized spacial score (nSPS) is 11.1. The van der Waals surface area contributed by atoms with Gasteiger partial charge in [-0.2, -0.15) is 4.73 Å². The van der Waals surface area contributed by atoms with Crippen LogP contribution in [0.5, 0.6) is 0 Å². The molecule has 2 aromatic carbocycles. The number of nitrogens with one attached hydrogen (secondary N) is 1. The lowest BCUT2D eigenvalue weighted by molar-refractivity contribution is -0.592. The number of fused-ring (bicyclic) bond motifs is 1. The summed E-state index contributed by atoms with van der Waals surface area (Å²) in [4.78, 5) is 14.9. The number of halogens is 4. The summed E-state index contributed by atoms with van der Waals surface area (Å²) >= 11 is 12.5. The van der Waals surface area contributed by atoms with Crippen molar-refractivity contribution in [2.45, 2.75) is 0 Å². The van der Waals surface area contributed by atoms with Gasteiger partial charge in [0.2, 0.25) is 5.56 Å². The molecule has 0 saturated heterocycles. The van der Waals surface area contributed by atoms with Crippen LogP contribution in [0.25, 0.3) is 33.3 Å². The molecule has 2 aromatic heterocycles. The molecular formula is C20H10Cl2F2N2O2. The Morgan fingerprint density at radius 1 is 0.964 bits per heavy atom. The number of benzene rings is 2. The van der Waals surface area contributed by atoms with Gasteiger partial charge in [0, 0.05) is 29.1 Å². The number of aromatic nitrogens is 2. The maximum atomic E-state index is 14.4. The van der Waals surface area contributed by atoms with Gasteiger partial charge < -0.3 is 10.2 Å². The first-order valence-corrected chi connectivity index (χ1v) is 8.81. The van der Waals surface area contributed by atoms with E-state index in [9.17, 15) is 18.8 Å². The molecule has 0 bridgehead atoms. The van der Waals surface area contributed by atoms with E-state index in [-0.39, 0.29) is 37.9 Å². The molecule has 28 heavy (non-hydrogen) atoms. The van der Waals surface area contributed by atoms with Crippen LogP contribution in [-0.2, 0) is 0 Å². The molecule has 4 aromatic rings. The minimum atomic E-state index is -0.830. The third kappa shape index (κ3) is 3.00. The Morgan fingerprint density at radius 2 is 1.68 bits per heavy atom. The molecule has 0 amide bonds. The van der Waals surface area contributed by atoms with Crippen LogP contribution < -0.4 is 10.3 Å². The summed E-state index contributed by atoms with van der Waals surface area (Å²) in [5.41, 5.74) is 0.0626. The summed E-state index contributed by atoms with van der Waals surface area (Å²) in [6, 6.07) is 10.4. The first-order valence-electron chi connectivity index (χ1n) is 8.06. The molecule has 4 rings (SSSR count). The van der Waals surface area contributed by atoms with E-state index < -0.39 is 17.2 Å². The highest BCUT2D eigenvalue weighted by atomic mass is 35.5. The Morgan fingerprint density at radius 3 is 2.36 bits per heavy atom. The van der Waals surface area contributed by atoms with Crippen LogP contribution in [0.3, 0.4) is 0 Å². The Balaban J connectivity index is 2.14. The van der Waals surface area contributed by atoms with E-state index in [4.69, 9.17) is 23.2 Å². The second-order valence-corrected chi connectivity index (χ2v) is 6.86. The summed E-state index contributed by atoms with van der Waals surface area (Å²) < 4.78 is 28.2. The molecule has 0 aliphatic carbocycles. The van der Waals surface area contributed by atoms with E-state index >= 15 is 0 Å². The van der Waals surface area contributed by atoms with E-state index in [1.807, 2.05) is 0 Å². The van der Waals surface area contributed by atoms with E-state index in [2.05, 4.69) is 4.98 Å². The minimum Gasteiger partial charge on any atom is -0.618 e. The monoisotopic (exact) mass is 418 g/mol. The molecule has 1 N–H and O–H groups in total. The number of H-pyrrole nitrogens is 1. The van der Waals surface area contributed by atoms with Crippen molar-refractivity contribution in [3.05, 3.63) is 92.0 Å². The molecule has 0 unspecified atom stereocenters. The third-order valence-corrected chi connectivity index (χ3v) is 4.97. The molecule has 0 aliphatic rings. The molecule has 0 saturated carbocycles. The SMILES string of the molecule is O=c1cc(-c2ccc(F)cc2F)c2cc[n+]([O-])c(-c3c(Cl)cccc3Cl)c2[nH]1. The fraction of sp³-hybridized carbons (Fsp3) is 0. The summed E-state index contributed by atoms with van der Waals surface area (Å²) in [5.74, 6) is -1.57. The maximum Gasteiger partial charge on any atom is 0.251 e. The van der Waals surface area contributed by atoms with Crippen molar-refractivity contribution in [3.8, 4) is 22.4 Å². The molecular weight excluding hydrogens is 409 g/mol. The Hall–Kier alpha value is -2.96. The summed E-state index contributed by atoms with van der Waals surface area (Å²) in [5, 5.41) is 13.4. The topological polar surface area (TPSA) is 59.8 Å². The first kappa shape index (κ1) is 18.4. The van der Waals surface area contributed by atoms with Gasteiger partial charge in [-0.05, 0) is 29.8 Å². The van der Waals surface area contributed by atoms with Gasteiger partial charge in [-0.25, -0.2) is 8.78 Å². The van der Waals surface area contributed by atoms with Crippen molar-refractivity contribution >= 4 is 34.1 Å². The summed E-state index contributed by atoms with van der Waals surface area (Å²) in [6.07, 6.45) is 1.21. The smallest absolute Gasteiger partial charge is 0.251 e. The van der Waals surface area contributed by atoms with Crippen LogP contribution in [0.1, 0.15) is 0 Å². The Kier molecular flexibility index (Phi) is 4.53. The third-order valence-electron chi connectivity index (χ3n) is 4.34. The van der Waals surface area contributed by atoms with Crippen molar-refractivity contribution in [1.82, 2.24) is 4.98 Å². The second-order valence-electron chi connectivity index (χ2n) is 6.05. The standard InChI is InChI=1S/C20H10Cl2F2N2O2/c21-14-2-1-3-15(22)18(14)20-19-12(6-7-26(20)28)13(9-17(27)25-19)11-5-4-10(23)8-16(11)24/h1-9H,(H,25,27). The molecule has 140 valence electrons. The highest BCUT2D eigenvalue weighted by Crippen LogP contribution is 2.37. The molecule has 2 heterocycles. The van der Waals surface area contributed by atoms with Crippen LogP contribution in [0, 0.1) is 16.8 Å². The number of hydrogen-bond acceptors (Lipinski definition) is 2. The fourth-order valence-electron chi connectivity index (χ4n) is 3.15. The van der Waals surface area contributed by atoms with E-state index in [1.54, 1.807) is 18.2 Å². The summed E-state index contributed by atoms with van der Waals surface area (Å²) in [6.45, 7) is 0. The molecule has 0 radical (unpaired) electrons. The number of nitrogens with zero attached hydrogens (tertiary/aromatic N) is 1. The lowest BCUT2D eigenvalue weighted by atomic mass is 9.99. The highest BCUT2D eigenvalue weighted by Gasteiger charge is 2.23. The summed E-state index contributed by atoms with van der Waals surface area (Å²) in [7, 11) is 0. The van der Waals surface area contributed by atoms with Gasteiger partial charge >= 0.3 is 0 Å². The van der Waals surface area contributed by atoms with Gasteiger partial charge in [-0.15, -0.1) is 0 Å². The van der Waals surface area contributed by atoms with Gasteiger partial charge in [0.15, 0.2) is 6.20 Å². The highest BCUT2D eigenvalue weighted by molar-refractivity contribution is 6.39. The van der Waals surface area contributed by atoms with Gasteiger partial charge in [-0.3, -0.25) is 4.79 Å². The Bertz CT molecular complexity index is 1290. The zero-order chi connectivity index (χ0) is 20.0. The fourth-order valence-corrected chi connectivity index (χ4v) is 3.72. The average molecular weight is 419 g/mol. The van der Waals surface area contributed by atoms with Crippen LogP contribution in [0.2, 0.25) is 10.0 Å². The van der Waals surface area contributed by atoms with Crippen molar-refractivity contribution in [2.24, 2.45) is 0 Å². The van der Waals surface area contributed by atoms with Crippen molar-refractivity contribution in [1.29, 1.82) is 0 Å². The maximum absolute atomic E-state index is 14.4. The largest absolute Gasteiger partial charge is 0.618 e. The van der Waals surface area contributed by atoms with Gasteiger partial charge in [0.1, 0.15) is 17.2 Å². The average Bonchev–Trinajstić information content (AvgIpc) is 2.62. The first-order chi connectivity index (χ1) is 13.4. The predicted octanol–water partition coefficient (Wildman–Crippen LogP) is 5.08. The number of rotatable bonds is 2. The zero-order valence-corrected chi connectivity index (χ0v) is 15.5. The molecule has 0 aliphatic heterocycles. The van der Waals surface area contributed by atoms with E-state index in [0.29, 0.717) is 10.1 Å². The zero-order valence-electron chi connectivity index (χ0n) is 14.0.